The number of thiophene rings is 1. The third-order valence-corrected chi connectivity index (χ3v) is 6.08. The third-order valence-electron chi connectivity index (χ3n) is 4.88. The molecule has 0 saturated heterocycles. The van der Waals surface area contributed by atoms with Gasteiger partial charge in [0.05, 0.1) is 17.0 Å². The van der Waals surface area contributed by atoms with Crippen LogP contribution in [-0.2, 0) is 9.53 Å². The highest BCUT2D eigenvalue weighted by Gasteiger charge is 2.28. The molecule has 2 aromatic rings. The summed E-state index contributed by atoms with van der Waals surface area (Å²) in [7, 11) is 0. The number of nitrogens with zero attached hydrogens (tertiary/aromatic N) is 1. The molecular weight excluding hydrogens is 416 g/mol. The molecule has 7 nitrogen and oxygen atoms in total. The number of hydrogen-bond acceptors (Lipinski definition) is 6. The van der Waals surface area contributed by atoms with Gasteiger partial charge in [-0.3, -0.25) is 9.59 Å². The predicted octanol–water partition coefficient (Wildman–Crippen LogP) is 4.35. The van der Waals surface area contributed by atoms with Gasteiger partial charge in [-0.05, 0) is 58.2 Å². The quantitative estimate of drug-likeness (QED) is 0.579. The Bertz CT molecular complexity index is 943. The van der Waals surface area contributed by atoms with E-state index in [9.17, 15) is 14.4 Å². The molecule has 0 bridgehead atoms. The fourth-order valence-electron chi connectivity index (χ4n) is 3.24. The summed E-state index contributed by atoms with van der Waals surface area (Å²) < 4.78 is 10.9. The standard InChI is InChI=1S/C23H30N2O5S/c1-7-25(8-2)22(27)20-16(6)18(23(28)29-9-3)21(31-20)24-17(26)13-30-19-14(4)11-10-12-15(19)5/h10-12H,7-9,13H2,1-6H3,(H,24,26). The highest BCUT2D eigenvalue weighted by atomic mass is 32.1. The number of aryl methyl sites for hydroxylation is 2. The molecule has 2 amide bonds. The van der Waals surface area contributed by atoms with Gasteiger partial charge in [0.2, 0.25) is 0 Å². The van der Waals surface area contributed by atoms with Gasteiger partial charge in [0, 0.05) is 13.1 Å². The predicted molar refractivity (Wildman–Crippen MR) is 122 cm³/mol. The van der Waals surface area contributed by atoms with Crippen molar-refractivity contribution >= 4 is 34.1 Å². The molecule has 0 atom stereocenters. The molecule has 1 heterocycles. The SMILES string of the molecule is CCOC(=O)c1c(NC(=O)COc2c(C)cccc2C)sc(C(=O)N(CC)CC)c1C. The number of rotatable bonds is 9. The van der Waals surface area contributed by atoms with E-state index in [0.717, 1.165) is 22.5 Å². The minimum absolute atomic E-state index is 0.176. The van der Waals surface area contributed by atoms with Crippen molar-refractivity contribution in [3.8, 4) is 5.75 Å². The number of hydrogen-bond donors (Lipinski definition) is 1. The second kappa shape index (κ2) is 10.9. The van der Waals surface area contributed by atoms with Crippen LogP contribution in [-0.4, -0.2) is 49.0 Å². The summed E-state index contributed by atoms with van der Waals surface area (Å²) in [4.78, 5) is 40.1. The number of carbonyl (C=O) groups is 3. The molecule has 0 aliphatic heterocycles. The molecule has 0 unspecified atom stereocenters. The van der Waals surface area contributed by atoms with Gasteiger partial charge in [-0.1, -0.05) is 18.2 Å². The highest BCUT2D eigenvalue weighted by Crippen LogP contribution is 2.34. The number of anilines is 1. The highest BCUT2D eigenvalue weighted by molar-refractivity contribution is 7.18. The Morgan fingerprint density at radius 2 is 1.65 bits per heavy atom. The Morgan fingerprint density at radius 3 is 2.19 bits per heavy atom. The average molecular weight is 447 g/mol. The first-order valence-corrected chi connectivity index (χ1v) is 11.1. The molecule has 0 spiro atoms. The van der Waals surface area contributed by atoms with Gasteiger partial charge in [-0.25, -0.2) is 4.79 Å². The van der Waals surface area contributed by atoms with Gasteiger partial charge in [-0.2, -0.15) is 0 Å². The van der Waals surface area contributed by atoms with Gasteiger partial charge in [-0.15, -0.1) is 11.3 Å². The van der Waals surface area contributed by atoms with Crippen LogP contribution in [0.1, 0.15) is 57.5 Å². The van der Waals surface area contributed by atoms with E-state index in [2.05, 4.69) is 5.32 Å². The van der Waals surface area contributed by atoms with E-state index < -0.39 is 11.9 Å². The zero-order valence-corrected chi connectivity index (χ0v) is 19.8. The second-order valence-electron chi connectivity index (χ2n) is 7.02. The number of esters is 1. The minimum Gasteiger partial charge on any atom is -0.483 e. The van der Waals surface area contributed by atoms with Gasteiger partial charge in [0.15, 0.2) is 6.61 Å². The lowest BCUT2D eigenvalue weighted by atomic mass is 10.1. The summed E-state index contributed by atoms with van der Waals surface area (Å²) >= 11 is 1.08. The molecule has 31 heavy (non-hydrogen) atoms. The van der Waals surface area contributed by atoms with Crippen LogP contribution in [0.15, 0.2) is 18.2 Å². The average Bonchev–Trinajstić information content (AvgIpc) is 3.04. The van der Waals surface area contributed by atoms with Crippen molar-refractivity contribution in [2.24, 2.45) is 0 Å². The van der Waals surface area contributed by atoms with Crippen LogP contribution in [0.5, 0.6) is 5.75 Å². The third kappa shape index (κ3) is 5.64. The molecule has 8 heteroatoms. The Morgan fingerprint density at radius 1 is 1.03 bits per heavy atom. The molecule has 2 rings (SSSR count). The minimum atomic E-state index is -0.569. The van der Waals surface area contributed by atoms with E-state index in [0.29, 0.717) is 34.3 Å². The fourth-order valence-corrected chi connectivity index (χ4v) is 4.42. The lowest BCUT2D eigenvalue weighted by Gasteiger charge is -2.18. The summed E-state index contributed by atoms with van der Waals surface area (Å²) in [6, 6.07) is 5.74. The fraction of sp³-hybridized carbons (Fsp3) is 0.435. The Hall–Kier alpha value is -2.87. The van der Waals surface area contributed by atoms with Crippen LogP contribution in [0, 0.1) is 20.8 Å². The summed E-state index contributed by atoms with van der Waals surface area (Å²) in [6.45, 7) is 12.1. The first-order valence-electron chi connectivity index (χ1n) is 10.3. The zero-order chi connectivity index (χ0) is 23.1. The van der Waals surface area contributed by atoms with E-state index in [1.54, 1.807) is 18.7 Å². The lowest BCUT2D eigenvalue weighted by molar-refractivity contribution is -0.118. The molecule has 1 aromatic carbocycles. The first kappa shape index (κ1) is 24.4. The molecule has 0 aliphatic carbocycles. The Balaban J connectivity index is 2.29. The maximum absolute atomic E-state index is 12.9. The van der Waals surface area contributed by atoms with Gasteiger partial charge >= 0.3 is 5.97 Å². The normalized spacial score (nSPS) is 10.5. The maximum atomic E-state index is 12.9. The smallest absolute Gasteiger partial charge is 0.341 e. The van der Waals surface area contributed by atoms with E-state index >= 15 is 0 Å². The van der Waals surface area contributed by atoms with Crippen LogP contribution in [0.2, 0.25) is 0 Å². The van der Waals surface area contributed by atoms with E-state index in [1.165, 1.54) is 0 Å². The lowest BCUT2D eigenvalue weighted by Crippen LogP contribution is -2.30. The van der Waals surface area contributed by atoms with Crippen molar-refractivity contribution in [2.75, 3.05) is 31.6 Å². The number of para-hydroxylation sites is 1. The number of nitrogens with one attached hydrogen (secondary N) is 1. The van der Waals surface area contributed by atoms with E-state index in [1.807, 2.05) is 45.9 Å². The summed E-state index contributed by atoms with van der Waals surface area (Å²) in [5, 5.41) is 3.03. The largest absolute Gasteiger partial charge is 0.483 e. The van der Waals surface area contributed by atoms with Crippen molar-refractivity contribution in [3.63, 3.8) is 0 Å². The molecule has 0 fully saturated rings. The Kier molecular flexibility index (Phi) is 8.62. The summed E-state index contributed by atoms with van der Waals surface area (Å²) in [5.41, 5.74) is 2.58. The van der Waals surface area contributed by atoms with Crippen LogP contribution >= 0.6 is 11.3 Å². The molecule has 0 radical (unpaired) electrons. The first-order chi connectivity index (χ1) is 14.7. The molecular formula is C23H30N2O5S. The molecule has 0 saturated carbocycles. The van der Waals surface area contributed by atoms with Gasteiger partial charge < -0.3 is 19.7 Å². The number of ether oxygens (including phenoxy) is 2. The van der Waals surface area contributed by atoms with Crippen molar-refractivity contribution in [2.45, 2.75) is 41.5 Å². The second-order valence-corrected chi connectivity index (χ2v) is 8.04. The van der Waals surface area contributed by atoms with E-state index in [4.69, 9.17) is 9.47 Å². The maximum Gasteiger partial charge on any atom is 0.341 e. The molecule has 1 aromatic heterocycles. The van der Waals surface area contributed by atoms with Crippen LogP contribution in [0.3, 0.4) is 0 Å². The Labute approximate surface area is 187 Å². The van der Waals surface area contributed by atoms with Crippen molar-refractivity contribution in [1.29, 1.82) is 0 Å². The molecule has 1 N–H and O–H groups in total. The summed E-state index contributed by atoms with van der Waals surface area (Å²) in [6.07, 6.45) is 0. The van der Waals surface area contributed by atoms with Crippen LogP contribution in [0.25, 0.3) is 0 Å². The van der Waals surface area contributed by atoms with Crippen LogP contribution < -0.4 is 10.1 Å². The number of amides is 2. The van der Waals surface area contributed by atoms with Gasteiger partial charge in [0.25, 0.3) is 11.8 Å². The molecule has 0 aliphatic rings. The topological polar surface area (TPSA) is 84.9 Å². The van der Waals surface area contributed by atoms with Crippen molar-refractivity contribution < 1.29 is 23.9 Å². The monoisotopic (exact) mass is 446 g/mol. The molecule has 168 valence electrons. The van der Waals surface area contributed by atoms with Gasteiger partial charge in [0.1, 0.15) is 10.8 Å². The zero-order valence-electron chi connectivity index (χ0n) is 19.0. The number of carbonyl (C=O) groups excluding carboxylic acids is 3. The van der Waals surface area contributed by atoms with E-state index in [-0.39, 0.29) is 24.7 Å². The van der Waals surface area contributed by atoms with Crippen LogP contribution in [0.4, 0.5) is 5.00 Å². The number of benzene rings is 1. The summed E-state index contributed by atoms with van der Waals surface area (Å²) in [5.74, 6) is -0.509. The van der Waals surface area contributed by atoms with Crippen molar-refractivity contribution in [1.82, 2.24) is 4.90 Å². The van der Waals surface area contributed by atoms with Crippen molar-refractivity contribution in [3.05, 3.63) is 45.3 Å².